The van der Waals surface area contributed by atoms with Crippen LogP contribution in [-0.2, 0) is 0 Å². The molecule has 0 unspecified atom stereocenters. The molecular formula is C12H10. The summed E-state index contributed by atoms with van der Waals surface area (Å²) in [6.07, 6.45) is 0. The predicted octanol–water partition coefficient (Wildman–Crippen LogP) is 3.35. The van der Waals surface area contributed by atoms with E-state index in [0.29, 0.717) is 6.04 Å². The highest BCUT2D eigenvalue weighted by Gasteiger charge is 1.91. The Labute approximate surface area is 73.9 Å². The Morgan fingerprint density at radius 3 is 1.75 bits per heavy atom. The minimum absolute atomic E-state index is 0.555. The van der Waals surface area contributed by atoms with Gasteiger partial charge in [0.15, 0.2) is 0 Å². The van der Waals surface area contributed by atoms with Crippen molar-refractivity contribution in [3.05, 3.63) is 60.6 Å². The van der Waals surface area contributed by atoms with Crippen LogP contribution in [0.2, 0.25) is 0 Å². The van der Waals surface area contributed by atoms with Crippen molar-refractivity contribution in [3.63, 3.8) is 0 Å². The van der Waals surface area contributed by atoms with Crippen LogP contribution >= 0.6 is 0 Å². The van der Waals surface area contributed by atoms with Gasteiger partial charge in [-0.3, -0.25) is 0 Å². The molecule has 0 radical (unpaired) electrons. The van der Waals surface area contributed by atoms with Gasteiger partial charge in [-0.1, -0.05) is 60.6 Å². The number of hydrogen-bond donors (Lipinski definition) is 0. The second kappa shape index (κ2) is 3.22. The van der Waals surface area contributed by atoms with E-state index >= 15 is 0 Å². The number of hydrogen-bond acceptors (Lipinski definition) is 0. The lowest BCUT2D eigenvalue weighted by Gasteiger charge is -1.98. The molecule has 0 fully saturated rings. The van der Waals surface area contributed by atoms with Gasteiger partial charge in [-0.25, -0.2) is 0 Å². The van der Waals surface area contributed by atoms with E-state index in [1.54, 1.807) is 0 Å². The second-order valence-corrected chi connectivity index (χ2v) is 2.65. The molecule has 0 heteroatoms. The zero-order valence-corrected chi connectivity index (χ0v) is 6.70. The first-order chi connectivity index (χ1) is 6.36. The standard InChI is InChI=1S/C12H10/c1-3-7-11(8-4-1)12-9-5-2-6-10-12/h1-10H/i1T. The average molecular weight is 156 g/mol. The third-order valence-electron chi connectivity index (χ3n) is 1.83. The molecule has 0 spiro atoms. The topological polar surface area (TPSA) is 0 Å². The van der Waals surface area contributed by atoms with Crippen LogP contribution in [-0.4, -0.2) is 0 Å². The van der Waals surface area contributed by atoms with Crippen molar-refractivity contribution < 1.29 is 1.37 Å². The van der Waals surface area contributed by atoms with E-state index in [1.807, 2.05) is 42.5 Å². The van der Waals surface area contributed by atoms with Crippen LogP contribution in [0.1, 0.15) is 1.37 Å². The molecule has 2 aromatic carbocycles. The van der Waals surface area contributed by atoms with E-state index in [4.69, 9.17) is 1.37 Å². The fourth-order valence-corrected chi connectivity index (χ4v) is 1.21. The van der Waals surface area contributed by atoms with Crippen molar-refractivity contribution in [2.24, 2.45) is 0 Å². The van der Waals surface area contributed by atoms with Crippen LogP contribution in [0, 0.1) is 0 Å². The van der Waals surface area contributed by atoms with Crippen molar-refractivity contribution in [2.75, 3.05) is 0 Å². The largest absolute Gasteiger partial charge is 0.0623 e. The lowest BCUT2D eigenvalue weighted by Crippen LogP contribution is -1.73. The van der Waals surface area contributed by atoms with Crippen LogP contribution in [0.4, 0.5) is 0 Å². The van der Waals surface area contributed by atoms with E-state index in [2.05, 4.69) is 12.1 Å². The maximum absolute atomic E-state index is 7.35. The second-order valence-electron chi connectivity index (χ2n) is 2.65. The van der Waals surface area contributed by atoms with Crippen LogP contribution in [0.3, 0.4) is 0 Å². The maximum Gasteiger partial charge on any atom is 0.0623 e. The van der Waals surface area contributed by atoms with Crippen molar-refractivity contribution in [1.29, 1.82) is 0 Å². The highest BCUT2D eigenvalue weighted by Crippen LogP contribution is 2.17. The summed E-state index contributed by atoms with van der Waals surface area (Å²) in [7, 11) is 0. The van der Waals surface area contributed by atoms with Gasteiger partial charge in [0.25, 0.3) is 0 Å². The van der Waals surface area contributed by atoms with Crippen molar-refractivity contribution >= 4 is 0 Å². The van der Waals surface area contributed by atoms with Crippen molar-refractivity contribution in [1.82, 2.24) is 0 Å². The highest BCUT2D eigenvalue weighted by molar-refractivity contribution is 5.62. The highest BCUT2D eigenvalue weighted by atomic mass is 14.0. The van der Waals surface area contributed by atoms with E-state index in [0.717, 1.165) is 5.56 Å². The van der Waals surface area contributed by atoms with Gasteiger partial charge in [-0.05, 0) is 11.1 Å². The lowest BCUT2D eigenvalue weighted by molar-refractivity contribution is 1.62. The van der Waals surface area contributed by atoms with Gasteiger partial charge in [-0.15, -0.1) is 0 Å². The first-order valence-electron chi connectivity index (χ1n) is 4.48. The average Bonchev–Trinajstić information content (AvgIpc) is 2.20. The fraction of sp³-hybridized carbons (Fsp3) is 0. The quantitative estimate of drug-likeness (QED) is 0.594. The summed E-state index contributed by atoms with van der Waals surface area (Å²) in [4.78, 5) is 0. The van der Waals surface area contributed by atoms with E-state index < -0.39 is 0 Å². The molecule has 0 aliphatic carbocycles. The Morgan fingerprint density at radius 1 is 0.667 bits per heavy atom. The normalized spacial score (nSPS) is 10.8. The minimum Gasteiger partial charge on any atom is -0.0622 e. The SMILES string of the molecule is [3H]c1ccc(-c2ccccc2)cc1. The molecule has 0 N–H and O–H groups in total. The van der Waals surface area contributed by atoms with Crippen LogP contribution in [0.25, 0.3) is 11.1 Å². The number of benzene rings is 2. The smallest absolute Gasteiger partial charge is 0.0622 e. The molecule has 0 aliphatic rings. The molecular weight excluding hydrogens is 144 g/mol. The molecule has 2 aromatic rings. The number of rotatable bonds is 1. The van der Waals surface area contributed by atoms with E-state index in [-0.39, 0.29) is 0 Å². The monoisotopic (exact) mass is 156 g/mol. The molecule has 0 heterocycles. The summed E-state index contributed by atoms with van der Waals surface area (Å²) >= 11 is 0. The minimum atomic E-state index is 0.555. The van der Waals surface area contributed by atoms with Gasteiger partial charge >= 0.3 is 0 Å². The zero-order valence-electron chi connectivity index (χ0n) is 7.70. The molecule has 0 atom stereocenters. The van der Waals surface area contributed by atoms with Crippen LogP contribution in [0.5, 0.6) is 0 Å². The third kappa shape index (κ3) is 1.37. The van der Waals surface area contributed by atoms with Gasteiger partial charge in [0.1, 0.15) is 0 Å². The molecule has 0 aromatic heterocycles. The maximum atomic E-state index is 7.35. The Morgan fingerprint density at radius 2 is 1.17 bits per heavy atom. The summed E-state index contributed by atoms with van der Waals surface area (Å²) in [6.45, 7) is 0. The Hall–Kier alpha value is -1.56. The molecule has 0 amide bonds. The van der Waals surface area contributed by atoms with Gasteiger partial charge < -0.3 is 0 Å². The van der Waals surface area contributed by atoms with E-state index in [1.165, 1.54) is 5.56 Å². The Kier molecular flexibility index (Phi) is 1.62. The third-order valence-corrected chi connectivity index (χ3v) is 1.83. The molecule has 0 saturated heterocycles. The zero-order chi connectivity index (χ0) is 9.10. The molecule has 0 aliphatic heterocycles. The predicted molar refractivity (Wildman–Crippen MR) is 51.9 cm³/mol. The van der Waals surface area contributed by atoms with Gasteiger partial charge in [0.05, 0.1) is 1.37 Å². The summed E-state index contributed by atoms with van der Waals surface area (Å²) in [6, 6.07) is 18.3. The van der Waals surface area contributed by atoms with Crippen molar-refractivity contribution in [3.8, 4) is 11.1 Å². The van der Waals surface area contributed by atoms with Crippen LogP contribution < -0.4 is 0 Å². The summed E-state index contributed by atoms with van der Waals surface area (Å²) in [5.74, 6) is 0. The van der Waals surface area contributed by atoms with Gasteiger partial charge in [0, 0.05) is 0 Å². The van der Waals surface area contributed by atoms with E-state index in [9.17, 15) is 0 Å². The Bertz CT molecular complexity index is 376. The molecule has 0 nitrogen and oxygen atoms in total. The summed E-state index contributed by atoms with van der Waals surface area (Å²) in [5, 5.41) is 0. The lowest BCUT2D eigenvalue weighted by atomic mass is 10.1. The van der Waals surface area contributed by atoms with Gasteiger partial charge in [0.2, 0.25) is 0 Å². The first-order valence-corrected chi connectivity index (χ1v) is 3.98. The Balaban J connectivity index is 2.42. The molecule has 0 bridgehead atoms. The van der Waals surface area contributed by atoms with Gasteiger partial charge in [-0.2, -0.15) is 0 Å². The first kappa shape index (κ1) is 6.01. The molecule has 0 saturated carbocycles. The molecule has 58 valence electrons. The molecule has 12 heavy (non-hydrogen) atoms. The fourth-order valence-electron chi connectivity index (χ4n) is 1.21. The molecule has 2 rings (SSSR count). The summed E-state index contributed by atoms with van der Waals surface area (Å²) < 4.78 is 7.35. The summed E-state index contributed by atoms with van der Waals surface area (Å²) in [5.41, 5.74) is 2.36. The van der Waals surface area contributed by atoms with Crippen molar-refractivity contribution in [2.45, 2.75) is 0 Å². The van der Waals surface area contributed by atoms with Crippen LogP contribution in [0.15, 0.2) is 60.6 Å².